The third-order valence-corrected chi connectivity index (χ3v) is 3.85. The molecule has 0 atom stereocenters. The van der Waals surface area contributed by atoms with Crippen molar-refractivity contribution in [2.75, 3.05) is 0 Å². The van der Waals surface area contributed by atoms with Crippen molar-refractivity contribution in [2.45, 2.75) is 110 Å². The molecule has 0 aromatic heterocycles. The molecule has 0 unspecified atom stereocenters. The van der Waals surface area contributed by atoms with Gasteiger partial charge < -0.3 is 0 Å². The molecule has 0 aromatic rings. The van der Waals surface area contributed by atoms with Gasteiger partial charge in [0.15, 0.2) is 0 Å². The molecule has 1 nitrogen and oxygen atoms in total. The number of unbranched alkanes of at least 4 members (excludes halogenated alkanes) is 15. The Morgan fingerprint density at radius 3 is 1.05 bits per heavy atom. The number of hydrogen-bond acceptors (Lipinski definition) is 1. The molecule has 0 aromatic carbocycles. The minimum atomic E-state index is 0.125. The summed E-state index contributed by atoms with van der Waals surface area (Å²) in [5, 5.41) is 0. The summed E-state index contributed by atoms with van der Waals surface area (Å²) in [4.78, 5) is 0. The van der Waals surface area contributed by atoms with E-state index in [9.17, 15) is 0 Å². The van der Waals surface area contributed by atoms with E-state index in [0.29, 0.717) is 0 Å². The summed E-state index contributed by atoms with van der Waals surface area (Å²) in [6.45, 7) is 6.18. The first kappa shape index (κ1) is 22.7. The summed E-state index contributed by atoms with van der Waals surface area (Å²) in [5.41, 5.74) is 0. The molecule has 0 fully saturated rings. The maximum absolute atomic E-state index is 8.38. The molecule has 0 bridgehead atoms. The molecule has 0 aliphatic heterocycles. The summed E-state index contributed by atoms with van der Waals surface area (Å²) in [7, 11) is 0. The fourth-order valence-corrected chi connectivity index (χ4v) is 2.55. The van der Waals surface area contributed by atoms with Gasteiger partial charge in [-0.05, 0) is 0 Å². The summed E-state index contributed by atoms with van der Waals surface area (Å²) in [6, 6.07) is 0. The van der Waals surface area contributed by atoms with Gasteiger partial charge in [-0.2, -0.15) is 0 Å². The molecule has 117 valence electrons. The Kier molecular flexibility index (Phi) is 27.7. The molecule has 0 heterocycles. The van der Waals surface area contributed by atoms with Crippen molar-refractivity contribution in [1.29, 1.82) is 0 Å². The molecule has 0 rings (SSSR count). The summed E-state index contributed by atoms with van der Waals surface area (Å²) < 4.78 is 8.38. The van der Waals surface area contributed by atoms with Gasteiger partial charge in [-0.1, -0.05) is 117 Å². The number of rotatable bonds is 15. The van der Waals surface area contributed by atoms with Crippen LogP contribution in [0, 0.1) is 6.92 Å². The molecule has 20 heavy (non-hydrogen) atoms. The van der Waals surface area contributed by atoms with Crippen LogP contribution in [0.3, 0.4) is 0 Å². The second-order valence-electron chi connectivity index (χ2n) is 5.80. The van der Waals surface area contributed by atoms with E-state index < -0.39 is 0 Å². The molecule has 0 saturated heterocycles. The van der Waals surface area contributed by atoms with Crippen LogP contribution in [0.15, 0.2) is 0 Å². The fraction of sp³-hybridized carbons (Fsp3) is 0.944. The van der Waals surface area contributed by atoms with Crippen LogP contribution in [0.4, 0.5) is 0 Å². The van der Waals surface area contributed by atoms with Gasteiger partial charge >= 0.3 is 21.8 Å². The van der Waals surface area contributed by atoms with Crippen LogP contribution in [0.5, 0.6) is 0 Å². The van der Waals surface area contributed by atoms with E-state index in [2.05, 4.69) is 13.8 Å². The first-order chi connectivity index (χ1) is 9.91. The zero-order valence-corrected chi connectivity index (χ0v) is 17.1. The van der Waals surface area contributed by atoms with Crippen molar-refractivity contribution in [3.05, 3.63) is 6.92 Å². The van der Waals surface area contributed by atoms with Gasteiger partial charge in [0.05, 0.1) is 0 Å². The maximum atomic E-state index is 8.38. The van der Waals surface area contributed by atoms with Crippen molar-refractivity contribution >= 4 is 0 Å². The first-order valence-electron chi connectivity index (χ1n) is 9.00. The van der Waals surface area contributed by atoms with Gasteiger partial charge in [0.2, 0.25) is 0 Å². The van der Waals surface area contributed by atoms with Gasteiger partial charge in [0, 0.05) is 0 Å². The predicted octanol–water partition coefficient (Wildman–Crippen LogP) is 6.96. The molecular weight excluding hydrogens is 298 g/mol. The van der Waals surface area contributed by atoms with Crippen molar-refractivity contribution in [3.63, 3.8) is 0 Å². The van der Waals surface area contributed by atoms with Gasteiger partial charge in [-0.25, -0.2) is 0 Å². The van der Waals surface area contributed by atoms with Crippen LogP contribution in [-0.4, -0.2) is 0 Å². The Balaban J connectivity index is 0. The predicted molar refractivity (Wildman–Crippen MR) is 85.6 cm³/mol. The SMILES string of the molecule is [CH2]CCCCCCCCCCCCCCCCC.[O]=[Zn]. The Labute approximate surface area is 138 Å². The molecule has 0 amide bonds. The second kappa shape index (κ2) is 24.4. The summed E-state index contributed by atoms with van der Waals surface area (Å²) in [5.74, 6) is 0. The molecule has 0 N–H and O–H groups in total. The standard InChI is InChI=1S/C18H37.O.Zn/c1-3-5-7-9-11-13-15-17-18-16-14-12-10-8-6-4-2;;/h1,3-18H2,2H3;;. The third kappa shape index (κ3) is 23.5. The molecule has 0 spiro atoms. The van der Waals surface area contributed by atoms with Crippen LogP contribution >= 0.6 is 0 Å². The van der Waals surface area contributed by atoms with Crippen molar-refractivity contribution in [3.8, 4) is 0 Å². The summed E-state index contributed by atoms with van der Waals surface area (Å²) in [6.07, 6.45) is 22.8. The van der Waals surface area contributed by atoms with Crippen molar-refractivity contribution in [1.82, 2.24) is 0 Å². The Morgan fingerprint density at radius 2 is 0.800 bits per heavy atom. The van der Waals surface area contributed by atoms with E-state index in [-0.39, 0.29) is 18.3 Å². The Morgan fingerprint density at radius 1 is 0.550 bits per heavy atom. The van der Waals surface area contributed by atoms with Crippen molar-refractivity contribution < 1.29 is 21.8 Å². The number of hydrogen-bond donors (Lipinski definition) is 0. The Bertz CT molecular complexity index is 134. The van der Waals surface area contributed by atoms with Gasteiger partial charge in [0.1, 0.15) is 0 Å². The molecule has 0 saturated carbocycles. The summed E-state index contributed by atoms with van der Waals surface area (Å²) >= 11 is 0.125. The van der Waals surface area contributed by atoms with Crippen LogP contribution in [0.2, 0.25) is 0 Å². The second-order valence-corrected chi connectivity index (χ2v) is 5.80. The molecule has 2 heteroatoms. The van der Waals surface area contributed by atoms with Crippen LogP contribution < -0.4 is 0 Å². The van der Waals surface area contributed by atoms with E-state index in [0.717, 1.165) is 6.42 Å². The van der Waals surface area contributed by atoms with E-state index in [4.69, 9.17) is 3.57 Å². The normalized spacial score (nSPS) is 10.2. The molecule has 1 radical (unpaired) electrons. The average Bonchev–Trinajstić information content (AvgIpc) is 2.50. The van der Waals surface area contributed by atoms with Crippen LogP contribution in [-0.2, 0) is 21.8 Å². The minimum absolute atomic E-state index is 0.125. The van der Waals surface area contributed by atoms with Gasteiger partial charge in [-0.3, -0.25) is 0 Å². The van der Waals surface area contributed by atoms with E-state index in [1.54, 1.807) is 0 Å². The van der Waals surface area contributed by atoms with E-state index in [1.807, 2.05) is 0 Å². The van der Waals surface area contributed by atoms with E-state index in [1.165, 1.54) is 96.3 Å². The Hall–Kier alpha value is 0.423. The van der Waals surface area contributed by atoms with Crippen LogP contribution in [0.25, 0.3) is 0 Å². The van der Waals surface area contributed by atoms with Gasteiger partial charge in [-0.15, -0.1) is 0 Å². The molecule has 0 aliphatic carbocycles. The van der Waals surface area contributed by atoms with Crippen molar-refractivity contribution in [2.24, 2.45) is 0 Å². The van der Waals surface area contributed by atoms with E-state index >= 15 is 0 Å². The molecular formula is C18H37OZn. The fourth-order valence-electron chi connectivity index (χ4n) is 2.55. The average molecular weight is 335 g/mol. The third-order valence-electron chi connectivity index (χ3n) is 3.85. The zero-order chi connectivity index (χ0) is 15.3. The van der Waals surface area contributed by atoms with Crippen LogP contribution in [0.1, 0.15) is 110 Å². The zero-order valence-electron chi connectivity index (χ0n) is 14.1. The topological polar surface area (TPSA) is 17.1 Å². The first-order valence-corrected chi connectivity index (χ1v) is 10.2. The van der Waals surface area contributed by atoms with Gasteiger partial charge in [0.25, 0.3) is 0 Å². The quantitative estimate of drug-likeness (QED) is 0.233. The monoisotopic (exact) mass is 333 g/mol. The molecule has 0 aliphatic rings.